The number of aliphatic hydroxyl groups is 1. The smallest absolute Gasteiger partial charge is 0.125 e. The van der Waals surface area contributed by atoms with Crippen molar-refractivity contribution in [1.82, 2.24) is 9.97 Å². The molecule has 0 aliphatic carbocycles. The molecule has 2 heterocycles. The highest BCUT2D eigenvalue weighted by Crippen LogP contribution is 2.12. The largest absolute Gasteiger partial charge is 0.396 e. The summed E-state index contributed by atoms with van der Waals surface area (Å²) in [6.45, 7) is 0.793. The third-order valence-electron chi connectivity index (χ3n) is 2.78. The Balaban J connectivity index is 1.87. The van der Waals surface area contributed by atoms with E-state index in [-0.39, 0.29) is 12.5 Å². The van der Waals surface area contributed by atoms with E-state index in [0.29, 0.717) is 6.54 Å². The third-order valence-corrected chi connectivity index (χ3v) is 3.25. The summed E-state index contributed by atoms with van der Waals surface area (Å²) >= 11 is 3.34. The van der Waals surface area contributed by atoms with Crippen molar-refractivity contribution in [3.8, 4) is 0 Å². The molecule has 2 N–H and O–H groups in total. The van der Waals surface area contributed by atoms with Gasteiger partial charge in [0.1, 0.15) is 5.82 Å². The van der Waals surface area contributed by atoms with Crippen molar-refractivity contribution in [1.29, 1.82) is 0 Å². The Labute approximate surface area is 121 Å². The average molecular weight is 322 g/mol. The zero-order valence-corrected chi connectivity index (χ0v) is 12.0. The Hall–Kier alpha value is -1.46. The molecule has 5 heteroatoms. The number of aliphatic hydroxyl groups excluding tert-OH is 1. The summed E-state index contributed by atoms with van der Waals surface area (Å²) in [5.41, 5.74) is 0.993. The van der Waals surface area contributed by atoms with Crippen molar-refractivity contribution in [3.05, 3.63) is 52.9 Å². The molecule has 0 unspecified atom stereocenters. The van der Waals surface area contributed by atoms with Gasteiger partial charge in [-0.3, -0.25) is 4.98 Å². The number of hydrogen-bond donors (Lipinski definition) is 2. The number of hydrogen-bond acceptors (Lipinski definition) is 4. The lowest BCUT2D eigenvalue weighted by Crippen LogP contribution is -2.21. The van der Waals surface area contributed by atoms with Gasteiger partial charge >= 0.3 is 0 Å². The lowest BCUT2D eigenvalue weighted by Gasteiger charge is -2.15. The maximum Gasteiger partial charge on any atom is 0.125 e. The molecule has 2 aromatic rings. The van der Waals surface area contributed by atoms with Gasteiger partial charge in [0.2, 0.25) is 0 Å². The Kier molecular flexibility index (Phi) is 5.30. The van der Waals surface area contributed by atoms with Crippen LogP contribution >= 0.6 is 15.9 Å². The van der Waals surface area contributed by atoms with Crippen molar-refractivity contribution in [2.75, 3.05) is 18.5 Å². The number of nitrogens with one attached hydrogen (secondary N) is 1. The van der Waals surface area contributed by atoms with Crippen LogP contribution in [0.5, 0.6) is 0 Å². The van der Waals surface area contributed by atoms with Crippen LogP contribution in [0.4, 0.5) is 5.82 Å². The number of halogens is 1. The van der Waals surface area contributed by atoms with Crippen molar-refractivity contribution < 1.29 is 5.11 Å². The van der Waals surface area contributed by atoms with E-state index in [4.69, 9.17) is 0 Å². The first-order valence-corrected chi connectivity index (χ1v) is 6.93. The van der Waals surface area contributed by atoms with Crippen LogP contribution < -0.4 is 5.32 Å². The van der Waals surface area contributed by atoms with E-state index in [9.17, 15) is 5.11 Å². The molecule has 4 nitrogen and oxygen atoms in total. The molecule has 1 atom stereocenters. The average Bonchev–Trinajstić information content (AvgIpc) is 2.46. The maximum atomic E-state index is 9.41. The summed E-state index contributed by atoms with van der Waals surface area (Å²) in [5.74, 6) is 0.933. The van der Waals surface area contributed by atoms with Gasteiger partial charge in [0.05, 0.1) is 0 Å². The number of aromatic nitrogens is 2. The summed E-state index contributed by atoms with van der Waals surface area (Å²) in [4.78, 5) is 8.51. The van der Waals surface area contributed by atoms with E-state index in [0.717, 1.165) is 22.4 Å². The molecule has 0 amide bonds. The standard InChI is InChI=1S/C14H16BrN3O/c15-12-4-5-14(18-9-12)17-8-11(10-19)7-13-3-1-2-6-16-13/h1-6,9,11,19H,7-8,10H2,(H,17,18)/t11-/m0/s1. The van der Waals surface area contributed by atoms with E-state index in [2.05, 4.69) is 31.2 Å². The van der Waals surface area contributed by atoms with E-state index < -0.39 is 0 Å². The highest BCUT2D eigenvalue weighted by Gasteiger charge is 2.09. The highest BCUT2D eigenvalue weighted by molar-refractivity contribution is 9.10. The van der Waals surface area contributed by atoms with Gasteiger partial charge in [-0.1, -0.05) is 6.07 Å². The summed E-state index contributed by atoms with van der Waals surface area (Å²) < 4.78 is 0.949. The predicted octanol–water partition coefficient (Wildman–Crippen LogP) is 2.50. The van der Waals surface area contributed by atoms with Crippen molar-refractivity contribution in [2.24, 2.45) is 5.92 Å². The van der Waals surface area contributed by atoms with Gasteiger partial charge in [-0.2, -0.15) is 0 Å². The van der Waals surface area contributed by atoms with E-state index >= 15 is 0 Å². The lowest BCUT2D eigenvalue weighted by atomic mass is 10.0. The minimum absolute atomic E-state index is 0.125. The van der Waals surface area contributed by atoms with Crippen LogP contribution in [-0.4, -0.2) is 28.2 Å². The minimum atomic E-state index is 0.125. The molecule has 0 fully saturated rings. The van der Waals surface area contributed by atoms with Gasteiger partial charge in [0, 0.05) is 41.6 Å². The summed E-state index contributed by atoms with van der Waals surface area (Å²) in [5, 5.41) is 12.6. The van der Waals surface area contributed by atoms with Crippen LogP contribution in [0.3, 0.4) is 0 Å². The monoisotopic (exact) mass is 321 g/mol. The molecular weight excluding hydrogens is 306 g/mol. The third kappa shape index (κ3) is 4.61. The fourth-order valence-electron chi connectivity index (χ4n) is 1.75. The molecule has 2 rings (SSSR count). The molecule has 19 heavy (non-hydrogen) atoms. The summed E-state index contributed by atoms with van der Waals surface area (Å²) in [6.07, 6.45) is 4.27. The Morgan fingerprint density at radius 1 is 1.21 bits per heavy atom. The van der Waals surface area contributed by atoms with Crippen LogP contribution in [0.2, 0.25) is 0 Å². The molecule has 0 bridgehead atoms. The molecule has 0 radical (unpaired) electrons. The van der Waals surface area contributed by atoms with Crippen LogP contribution in [0, 0.1) is 5.92 Å². The molecule has 0 aromatic carbocycles. The number of pyridine rings is 2. The van der Waals surface area contributed by atoms with Crippen LogP contribution in [0.15, 0.2) is 47.2 Å². The first-order chi connectivity index (χ1) is 9.28. The normalized spacial score (nSPS) is 12.1. The van der Waals surface area contributed by atoms with Gasteiger partial charge in [0.15, 0.2) is 0 Å². The summed E-state index contributed by atoms with van der Waals surface area (Å²) in [7, 11) is 0. The Morgan fingerprint density at radius 2 is 2.11 bits per heavy atom. The minimum Gasteiger partial charge on any atom is -0.396 e. The van der Waals surface area contributed by atoms with Crippen molar-refractivity contribution >= 4 is 21.7 Å². The van der Waals surface area contributed by atoms with E-state index in [1.165, 1.54) is 0 Å². The first kappa shape index (κ1) is 14.0. The van der Waals surface area contributed by atoms with E-state index in [1.54, 1.807) is 12.4 Å². The molecule has 0 aliphatic rings. The topological polar surface area (TPSA) is 58.0 Å². The molecule has 0 spiro atoms. The fraction of sp³-hybridized carbons (Fsp3) is 0.286. The lowest BCUT2D eigenvalue weighted by molar-refractivity contribution is 0.232. The highest BCUT2D eigenvalue weighted by atomic mass is 79.9. The second-order valence-electron chi connectivity index (χ2n) is 4.32. The molecule has 0 aliphatic heterocycles. The van der Waals surface area contributed by atoms with Crippen LogP contribution in [-0.2, 0) is 6.42 Å². The Bertz CT molecular complexity index is 490. The molecule has 0 saturated carbocycles. The Morgan fingerprint density at radius 3 is 2.74 bits per heavy atom. The van der Waals surface area contributed by atoms with Gasteiger partial charge in [0.25, 0.3) is 0 Å². The fourth-order valence-corrected chi connectivity index (χ4v) is 1.98. The molecular formula is C14H16BrN3O. The van der Waals surface area contributed by atoms with Gasteiger partial charge in [-0.05, 0) is 46.6 Å². The van der Waals surface area contributed by atoms with Crippen LogP contribution in [0.1, 0.15) is 5.69 Å². The zero-order chi connectivity index (χ0) is 13.5. The van der Waals surface area contributed by atoms with Gasteiger partial charge in [-0.25, -0.2) is 4.98 Å². The van der Waals surface area contributed by atoms with Crippen LogP contribution in [0.25, 0.3) is 0 Å². The van der Waals surface area contributed by atoms with Gasteiger partial charge < -0.3 is 10.4 Å². The number of anilines is 1. The predicted molar refractivity (Wildman–Crippen MR) is 78.9 cm³/mol. The second kappa shape index (κ2) is 7.21. The SMILES string of the molecule is OC[C@H](CNc1ccc(Br)cn1)Cc1ccccn1. The molecule has 100 valence electrons. The van der Waals surface area contributed by atoms with E-state index in [1.807, 2.05) is 30.3 Å². The summed E-state index contributed by atoms with van der Waals surface area (Å²) in [6, 6.07) is 9.66. The van der Waals surface area contributed by atoms with Crippen molar-refractivity contribution in [2.45, 2.75) is 6.42 Å². The maximum absolute atomic E-state index is 9.41. The second-order valence-corrected chi connectivity index (χ2v) is 5.23. The van der Waals surface area contributed by atoms with Gasteiger partial charge in [-0.15, -0.1) is 0 Å². The number of rotatable bonds is 6. The zero-order valence-electron chi connectivity index (χ0n) is 10.5. The number of nitrogens with zero attached hydrogens (tertiary/aromatic N) is 2. The quantitative estimate of drug-likeness (QED) is 0.858. The first-order valence-electron chi connectivity index (χ1n) is 6.14. The molecule has 2 aromatic heterocycles. The van der Waals surface area contributed by atoms with Crippen molar-refractivity contribution in [3.63, 3.8) is 0 Å². The molecule has 0 saturated heterocycles.